The van der Waals surface area contributed by atoms with Crippen molar-refractivity contribution in [2.45, 2.75) is 44.7 Å². The Bertz CT molecular complexity index is 443. The SMILES string of the molecule is CNC1CCCN(c2cc(NC3CC3)nc(C)n2)C1. The highest BCUT2D eigenvalue weighted by Crippen LogP contribution is 2.26. The maximum atomic E-state index is 4.60. The summed E-state index contributed by atoms with van der Waals surface area (Å²) in [4.78, 5) is 11.5. The molecule has 0 spiro atoms. The summed E-state index contributed by atoms with van der Waals surface area (Å²) in [7, 11) is 2.04. The Kier molecular flexibility index (Phi) is 3.55. The molecule has 1 unspecified atom stereocenters. The first-order chi connectivity index (χ1) is 9.24. The number of aromatic nitrogens is 2. The Hall–Kier alpha value is -1.36. The van der Waals surface area contributed by atoms with Gasteiger partial charge in [0.05, 0.1) is 0 Å². The van der Waals surface area contributed by atoms with Gasteiger partial charge in [0.25, 0.3) is 0 Å². The number of likely N-dealkylation sites (N-methyl/N-ethyl adjacent to an activating group) is 1. The van der Waals surface area contributed by atoms with Crippen molar-refractivity contribution in [1.82, 2.24) is 15.3 Å². The zero-order valence-corrected chi connectivity index (χ0v) is 11.8. The van der Waals surface area contributed by atoms with Gasteiger partial charge in [0, 0.05) is 31.2 Å². The quantitative estimate of drug-likeness (QED) is 0.861. The topological polar surface area (TPSA) is 53.1 Å². The third-order valence-corrected chi connectivity index (χ3v) is 3.91. The van der Waals surface area contributed by atoms with Crippen LogP contribution < -0.4 is 15.5 Å². The molecular formula is C14H23N5. The van der Waals surface area contributed by atoms with Crippen molar-refractivity contribution in [3.8, 4) is 0 Å². The summed E-state index contributed by atoms with van der Waals surface area (Å²) in [5, 5.41) is 6.84. The first kappa shape index (κ1) is 12.7. The van der Waals surface area contributed by atoms with E-state index >= 15 is 0 Å². The van der Waals surface area contributed by atoms with Crippen molar-refractivity contribution in [2.75, 3.05) is 30.4 Å². The number of rotatable bonds is 4. The number of nitrogens with one attached hydrogen (secondary N) is 2. The van der Waals surface area contributed by atoms with Gasteiger partial charge in [-0.25, -0.2) is 9.97 Å². The van der Waals surface area contributed by atoms with E-state index in [0.717, 1.165) is 30.5 Å². The van der Waals surface area contributed by atoms with Gasteiger partial charge in [-0.05, 0) is 39.7 Å². The summed E-state index contributed by atoms with van der Waals surface area (Å²) < 4.78 is 0. The number of piperidine rings is 1. The highest BCUT2D eigenvalue weighted by Gasteiger charge is 2.23. The molecule has 19 heavy (non-hydrogen) atoms. The lowest BCUT2D eigenvalue weighted by Crippen LogP contribution is -2.44. The van der Waals surface area contributed by atoms with Crippen molar-refractivity contribution >= 4 is 11.6 Å². The van der Waals surface area contributed by atoms with E-state index < -0.39 is 0 Å². The minimum Gasteiger partial charge on any atom is -0.367 e. The summed E-state index contributed by atoms with van der Waals surface area (Å²) in [6.07, 6.45) is 5.01. The molecule has 2 N–H and O–H groups in total. The molecule has 3 rings (SSSR count). The molecule has 0 radical (unpaired) electrons. The zero-order chi connectivity index (χ0) is 13.2. The molecule has 1 atom stereocenters. The van der Waals surface area contributed by atoms with Crippen molar-refractivity contribution in [3.05, 3.63) is 11.9 Å². The fourth-order valence-electron chi connectivity index (χ4n) is 2.65. The van der Waals surface area contributed by atoms with Crippen LogP contribution in [0, 0.1) is 6.92 Å². The van der Waals surface area contributed by atoms with E-state index in [1.165, 1.54) is 25.7 Å². The van der Waals surface area contributed by atoms with Crippen LogP contribution in [0.2, 0.25) is 0 Å². The Morgan fingerprint density at radius 1 is 1.21 bits per heavy atom. The Balaban J connectivity index is 1.76. The van der Waals surface area contributed by atoms with Gasteiger partial charge in [0.2, 0.25) is 0 Å². The molecule has 0 aromatic carbocycles. The number of aryl methyl sites for hydroxylation is 1. The lowest BCUT2D eigenvalue weighted by molar-refractivity contribution is 0.447. The van der Waals surface area contributed by atoms with Crippen LogP contribution in [-0.2, 0) is 0 Å². The lowest BCUT2D eigenvalue weighted by Gasteiger charge is -2.33. The molecule has 1 aromatic rings. The summed E-state index contributed by atoms with van der Waals surface area (Å²) in [6, 6.07) is 3.31. The Labute approximate surface area is 114 Å². The molecule has 1 aliphatic heterocycles. The molecule has 2 fully saturated rings. The van der Waals surface area contributed by atoms with Crippen LogP contribution in [0.5, 0.6) is 0 Å². The molecule has 1 aliphatic carbocycles. The summed E-state index contributed by atoms with van der Waals surface area (Å²) in [5.41, 5.74) is 0. The van der Waals surface area contributed by atoms with Crippen LogP contribution in [0.4, 0.5) is 11.6 Å². The van der Waals surface area contributed by atoms with E-state index in [1.54, 1.807) is 0 Å². The van der Waals surface area contributed by atoms with Gasteiger partial charge in [0.1, 0.15) is 17.5 Å². The van der Waals surface area contributed by atoms with Crippen molar-refractivity contribution in [1.29, 1.82) is 0 Å². The molecule has 2 heterocycles. The molecule has 1 saturated heterocycles. The van der Waals surface area contributed by atoms with Crippen LogP contribution in [0.1, 0.15) is 31.5 Å². The molecule has 0 bridgehead atoms. The van der Waals surface area contributed by atoms with E-state index in [9.17, 15) is 0 Å². The second kappa shape index (κ2) is 5.33. The summed E-state index contributed by atoms with van der Waals surface area (Å²) in [5.74, 6) is 2.90. The fraction of sp³-hybridized carbons (Fsp3) is 0.714. The van der Waals surface area contributed by atoms with Gasteiger partial charge in [0.15, 0.2) is 0 Å². The Morgan fingerprint density at radius 2 is 2.05 bits per heavy atom. The average Bonchev–Trinajstić information content (AvgIpc) is 3.22. The first-order valence-electron chi connectivity index (χ1n) is 7.29. The minimum atomic E-state index is 0.573. The average molecular weight is 261 g/mol. The monoisotopic (exact) mass is 261 g/mol. The predicted octanol–water partition coefficient (Wildman–Crippen LogP) is 1.55. The highest BCUT2D eigenvalue weighted by atomic mass is 15.2. The van der Waals surface area contributed by atoms with E-state index in [1.807, 2.05) is 14.0 Å². The molecular weight excluding hydrogens is 238 g/mol. The van der Waals surface area contributed by atoms with Crippen LogP contribution in [0.25, 0.3) is 0 Å². The van der Waals surface area contributed by atoms with E-state index in [4.69, 9.17) is 0 Å². The number of anilines is 2. The van der Waals surface area contributed by atoms with Crippen molar-refractivity contribution in [2.24, 2.45) is 0 Å². The molecule has 1 saturated carbocycles. The van der Waals surface area contributed by atoms with Gasteiger partial charge < -0.3 is 15.5 Å². The van der Waals surface area contributed by atoms with E-state index in [0.29, 0.717) is 12.1 Å². The smallest absolute Gasteiger partial charge is 0.134 e. The summed E-state index contributed by atoms with van der Waals surface area (Å²) >= 11 is 0. The zero-order valence-electron chi connectivity index (χ0n) is 11.8. The molecule has 1 aromatic heterocycles. The highest BCUT2D eigenvalue weighted by molar-refractivity contribution is 5.50. The lowest BCUT2D eigenvalue weighted by atomic mass is 10.1. The van der Waals surface area contributed by atoms with Gasteiger partial charge in [-0.2, -0.15) is 0 Å². The van der Waals surface area contributed by atoms with Gasteiger partial charge >= 0.3 is 0 Å². The van der Waals surface area contributed by atoms with Gasteiger partial charge in [-0.1, -0.05) is 0 Å². The van der Waals surface area contributed by atoms with Crippen LogP contribution >= 0.6 is 0 Å². The standard InChI is InChI=1S/C14H23N5/c1-10-16-13(18-11-5-6-11)8-14(17-10)19-7-3-4-12(9-19)15-2/h8,11-12,15H,3-7,9H2,1-2H3,(H,16,17,18). The predicted molar refractivity (Wildman–Crippen MR) is 77.7 cm³/mol. The number of hydrogen-bond donors (Lipinski definition) is 2. The van der Waals surface area contributed by atoms with Crippen LogP contribution in [0.3, 0.4) is 0 Å². The normalized spacial score (nSPS) is 23.5. The summed E-state index contributed by atoms with van der Waals surface area (Å²) in [6.45, 7) is 4.11. The maximum absolute atomic E-state index is 4.60. The Morgan fingerprint density at radius 3 is 2.79 bits per heavy atom. The molecule has 0 amide bonds. The number of hydrogen-bond acceptors (Lipinski definition) is 5. The van der Waals surface area contributed by atoms with Crippen LogP contribution in [-0.4, -0.2) is 42.2 Å². The van der Waals surface area contributed by atoms with E-state index in [2.05, 4.69) is 31.6 Å². The largest absolute Gasteiger partial charge is 0.367 e. The van der Waals surface area contributed by atoms with Gasteiger partial charge in [-0.3, -0.25) is 0 Å². The van der Waals surface area contributed by atoms with E-state index in [-0.39, 0.29) is 0 Å². The molecule has 2 aliphatic rings. The van der Waals surface area contributed by atoms with Crippen LogP contribution in [0.15, 0.2) is 6.07 Å². The number of nitrogens with zero attached hydrogens (tertiary/aromatic N) is 3. The van der Waals surface area contributed by atoms with Crippen molar-refractivity contribution < 1.29 is 0 Å². The minimum absolute atomic E-state index is 0.573. The third kappa shape index (κ3) is 3.15. The second-order valence-corrected chi connectivity index (χ2v) is 5.65. The third-order valence-electron chi connectivity index (χ3n) is 3.91. The first-order valence-corrected chi connectivity index (χ1v) is 7.29. The maximum Gasteiger partial charge on any atom is 0.134 e. The van der Waals surface area contributed by atoms with Gasteiger partial charge in [-0.15, -0.1) is 0 Å². The van der Waals surface area contributed by atoms with Crippen molar-refractivity contribution in [3.63, 3.8) is 0 Å². The fourth-order valence-corrected chi connectivity index (χ4v) is 2.65. The second-order valence-electron chi connectivity index (χ2n) is 5.65. The molecule has 104 valence electrons. The molecule has 5 nitrogen and oxygen atoms in total. The molecule has 5 heteroatoms.